The number of aromatic nitrogens is 1. The highest BCUT2D eigenvalue weighted by Gasteiger charge is 2.12. The van der Waals surface area contributed by atoms with E-state index in [1.165, 1.54) is 4.57 Å². The Kier molecular flexibility index (Phi) is 6.95. The number of rotatable bonds is 8. The third-order valence-corrected chi connectivity index (χ3v) is 3.49. The normalized spacial score (nSPS) is 10.5. The molecule has 0 aliphatic carbocycles. The van der Waals surface area contributed by atoms with Crippen LogP contribution < -0.4 is 16.4 Å². The van der Waals surface area contributed by atoms with E-state index in [9.17, 15) is 19.2 Å². The minimum atomic E-state index is -0.705. The summed E-state index contributed by atoms with van der Waals surface area (Å²) in [6, 6.07) is 6.38. The first kappa shape index (κ1) is 19.2. The smallest absolute Gasteiger partial charge is 0.419 e. The maximum Gasteiger partial charge on any atom is 0.419 e. The first-order chi connectivity index (χ1) is 12.5. The molecule has 0 aliphatic heterocycles. The van der Waals surface area contributed by atoms with Crippen molar-refractivity contribution >= 4 is 29.0 Å². The van der Waals surface area contributed by atoms with Crippen LogP contribution in [0.1, 0.15) is 26.2 Å². The van der Waals surface area contributed by atoms with Crippen molar-refractivity contribution in [3.05, 3.63) is 34.8 Å². The Morgan fingerprint density at radius 3 is 2.77 bits per heavy atom. The molecule has 9 nitrogen and oxygen atoms in total. The molecule has 26 heavy (non-hydrogen) atoms. The summed E-state index contributed by atoms with van der Waals surface area (Å²) in [5, 5.41) is 4.52. The Bertz CT molecular complexity index is 838. The molecule has 2 rings (SSSR count). The third-order valence-electron chi connectivity index (χ3n) is 3.49. The summed E-state index contributed by atoms with van der Waals surface area (Å²) in [6.45, 7) is 2.08. The zero-order valence-corrected chi connectivity index (χ0v) is 14.4. The lowest BCUT2D eigenvalue weighted by Crippen LogP contribution is -2.41. The molecular weight excluding hydrogens is 342 g/mol. The number of oxazole rings is 1. The van der Waals surface area contributed by atoms with E-state index >= 15 is 0 Å². The minimum Gasteiger partial charge on any atom is -0.456 e. The van der Waals surface area contributed by atoms with Gasteiger partial charge in [-0.15, -0.1) is 0 Å². The minimum absolute atomic E-state index is 0.0290. The predicted molar refractivity (Wildman–Crippen MR) is 92.5 cm³/mol. The first-order valence-corrected chi connectivity index (χ1v) is 8.33. The number of carbonyl (C=O) groups excluding carboxylic acids is 3. The van der Waals surface area contributed by atoms with Crippen LogP contribution in [0.15, 0.2) is 33.5 Å². The van der Waals surface area contributed by atoms with E-state index in [0.29, 0.717) is 24.1 Å². The van der Waals surface area contributed by atoms with Crippen molar-refractivity contribution < 1.29 is 23.5 Å². The van der Waals surface area contributed by atoms with Crippen molar-refractivity contribution in [3.8, 4) is 0 Å². The highest BCUT2D eigenvalue weighted by atomic mass is 16.5. The molecule has 2 N–H and O–H groups in total. The Hall–Kier alpha value is -3.10. The summed E-state index contributed by atoms with van der Waals surface area (Å²) in [5.41, 5.74) is 1.14. The van der Waals surface area contributed by atoms with E-state index in [1.54, 1.807) is 24.3 Å². The molecule has 3 amide bonds. The van der Waals surface area contributed by atoms with E-state index in [1.807, 2.05) is 6.92 Å². The van der Waals surface area contributed by atoms with Gasteiger partial charge in [-0.25, -0.2) is 9.59 Å². The fraction of sp³-hybridized carbons (Fsp3) is 0.412. The van der Waals surface area contributed by atoms with Crippen molar-refractivity contribution in [2.75, 3.05) is 13.2 Å². The Morgan fingerprint density at radius 1 is 1.23 bits per heavy atom. The lowest BCUT2D eigenvalue weighted by atomic mass is 10.3. The molecule has 0 saturated heterocycles. The van der Waals surface area contributed by atoms with Crippen LogP contribution in [0, 0.1) is 0 Å². The van der Waals surface area contributed by atoms with Crippen molar-refractivity contribution in [1.82, 2.24) is 15.2 Å². The number of ether oxygens (including phenoxy) is 1. The van der Waals surface area contributed by atoms with Crippen LogP contribution in [0.4, 0.5) is 4.79 Å². The van der Waals surface area contributed by atoms with Gasteiger partial charge in [0, 0.05) is 19.5 Å². The summed E-state index contributed by atoms with van der Waals surface area (Å²) in [6.07, 6.45) is 1.12. The Balaban J connectivity index is 1.72. The van der Waals surface area contributed by atoms with Gasteiger partial charge in [0.05, 0.1) is 5.52 Å². The van der Waals surface area contributed by atoms with Crippen molar-refractivity contribution in [2.45, 2.75) is 32.7 Å². The van der Waals surface area contributed by atoms with Crippen LogP contribution in [0.3, 0.4) is 0 Å². The fourth-order valence-corrected chi connectivity index (χ4v) is 2.27. The van der Waals surface area contributed by atoms with Gasteiger partial charge < -0.3 is 14.5 Å². The highest BCUT2D eigenvalue weighted by molar-refractivity contribution is 5.95. The summed E-state index contributed by atoms with van der Waals surface area (Å²) in [4.78, 5) is 46.2. The molecule has 1 aromatic heterocycles. The average Bonchev–Trinajstić information content (AvgIpc) is 2.94. The standard InChI is InChI=1S/C17H21N3O6/c1-2-9-18-16(23)19-14(21)11-25-15(22)8-5-10-20-12-6-3-4-7-13(12)26-17(20)24/h3-4,6-7H,2,5,8-11H2,1H3,(H2,18,19,21,23). The number of nitrogens with zero attached hydrogens (tertiary/aromatic N) is 1. The maximum absolute atomic E-state index is 11.8. The van der Waals surface area contributed by atoms with E-state index in [-0.39, 0.29) is 13.0 Å². The number of fused-ring (bicyclic) bond motifs is 1. The molecule has 2 aromatic rings. The summed E-state index contributed by atoms with van der Waals surface area (Å²) >= 11 is 0. The Morgan fingerprint density at radius 2 is 2.00 bits per heavy atom. The molecule has 0 spiro atoms. The molecule has 9 heteroatoms. The van der Waals surface area contributed by atoms with Crippen LogP contribution in [-0.4, -0.2) is 35.6 Å². The largest absolute Gasteiger partial charge is 0.456 e. The molecule has 0 atom stereocenters. The van der Waals surface area contributed by atoms with Crippen molar-refractivity contribution in [2.24, 2.45) is 0 Å². The second-order valence-electron chi connectivity index (χ2n) is 5.56. The van der Waals surface area contributed by atoms with Gasteiger partial charge in [0.2, 0.25) is 0 Å². The average molecular weight is 363 g/mol. The van der Waals surface area contributed by atoms with Crippen LogP contribution in [0.2, 0.25) is 0 Å². The second-order valence-corrected chi connectivity index (χ2v) is 5.56. The van der Waals surface area contributed by atoms with Gasteiger partial charge in [0.1, 0.15) is 0 Å². The zero-order chi connectivity index (χ0) is 18.9. The van der Waals surface area contributed by atoms with E-state index < -0.39 is 30.3 Å². The molecule has 1 heterocycles. The fourth-order valence-electron chi connectivity index (χ4n) is 2.27. The summed E-state index contributed by atoms with van der Waals surface area (Å²) in [5.74, 6) is -1.78. The van der Waals surface area contributed by atoms with E-state index in [2.05, 4.69) is 10.6 Å². The molecule has 140 valence electrons. The maximum atomic E-state index is 11.8. The van der Waals surface area contributed by atoms with Crippen LogP contribution >= 0.6 is 0 Å². The van der Waals surface area contributed by atoms with Gasteiger partial charge in [-0.3, -0.25) is 19.5 Å². The van der Waals surface area contributed by atoms with Gasteiger partial charge in [0.25, 0.3) is 5.91 Å². The second kappa shape index (κ2) is 9.40. The SMILES string of the molecule is CCCNC(=O)NC(=O)COC(=O)CCCn1c(=O)oc2ccccc21. The molecule has 0 aliphatic rings. The van der Waals surface area contributed by atoms with Crippen molar-refractivity contribution in [1.29, 1.82) is 0 Å². The van der Waals surface area contributed by atoms with Gasteiger partial charge in [-0.2, -0.15) is 0 Å². The number of amides is 3. The van der Waals surface area contributed by atoms with Gasteiger partial charge in [-0.1, -0.05) is 19.1 Å². The number of imide groups is 1. The molecule has 0 bridgehead atoms. The lowest BCUT2D eigenvalue weighted by Gasteiger charge is -2.07. The van der Waals surface area contributed by atoms with Crippen LogP contribution in [0.5, 0.6) is 0 Å². The van der Waals surface area contributed by atoms with Crippen LogP contribution in [-0.2, 0) is 20.9 Å². The van der Waals surface area contributed by atoms with Gasteiger partial charge in [-0.05, 0) is 25.0 Å². The highest BCUT2D eigenvalue weighted by Crippen LogP contribution is 2.12. The zero-order valence-electron chi connectivity index (χ0n) is 14.4. The molecule has 0 fully saturated rings. The lowest BCUT2D eigenvalue weighted by molar-refractivity contribution is -0.148. The number of nitrogens with one attached hydrogen (secondary N) is 2. The number of hydrogen-bond donors (Lipinski definition) is 2. The number of para-hydroxylation sites is 2. The first-order valence-electron chi connectivity index (χ1n) is 8.33. The predicted octanol–water partition coefficient (Wildman–Crippen LogP) is 1.15. The number of carbonyl (C=O) groups is 3. The van der Waals surface area contributed by atoms with E-state index in [0.717, 1.165) is 6.42 Å². The monoisotopic (exact) mass is 363 g/mol. The molecule has 0 unspecified atom stereocenters. The molecule has 1 aromatic carbocycles. The Labute approximate surface area is 149 Å². The number of urea groups is 1. The molecule has 0 saturated carbocycles. The third kappa shape index (κ3) is 5.47. The summed E-state index contributed by atoms with van der Waals surface area (Å²) in [7, 11) is 0. The topological polar surface area (TPSA) is 120 Å². The number of aryl methyl sites for hydroxylation is 1. The quantitative estimate of drug-likeness (QED) is 0.679. The van der Waals surface area contributed by atoms with E-state index in [4.69, 9.17) is 9.15 Å². The van der Waals surface area contributed by atoms with Gasteiger partial charge in [0.15, 0.2) is 12.2 Å². The number of hydrogen-bond acceptors (Lipinski definition) is 6. The summed E-state index contributed by atoms with van der Waals surface area (Å²) < 4.78 is 11.3. The van der Waals surface area contributed by atoms with Gasteiger partial charge >= 0.3 is 17.8 Å². The van der Waals surface area contributed by atoms with Crippen molar-refractivity contribution in [3.63, 3.8) is 0 Å². The molecule has 0 radical (unpaired) electrons. The van der Waals surface area contributed by atoms with Crippen LogP contribution in [0.25, 0.3) is 11.1 Å². The molecular formula is C17H21N3O6. The number of benzene rings is 1. The number of esters is 1.